The van der Waals surface area contributed by atoms with E-state index >= 15 is 0 Å². The van der Waals surface area contributed by atoms with Crippen LogP contribution in [-0.4, -0.2) is 29.5 Å². The lowest BCUT2D eigenvalue weighted by atomic mass is 10.2. The molecule has 1 saturated heterocycles. The Morgan fingerprint density at radius 3 is 2.46 bits per heavy atom. The number of hydrogen-bond acceptors (Lipinski definition) is 7. The fourth-order valence-electron chi connectivity index (χ4n) is 4.27. The molecule has 37 heavy (non-hydrogen) atoms. The first-order valence-corrected chi connectivity index (χ1v) is 12.0. The van der Waals surface area contributed by atoms with Crippen LogP contribution in [0.15, 0.2) is 88.1 Å². The highest BCUT2D eigenvalue weighted by Gasteiger charge is 2.36. The van der Waals surface area contributed by atoms with Gasteiger partial charge in [0.25, 0.3) is 0 Å². The first kappa shape index (κ1) is 24.1. The summed E-state index contributed by atoms with van der Waals surface area (Å²) in [4.78, 5) is 40.0. The van der Waals surface area contributed by atoms with E-state index in [0.717, 1.165) is 5.56 Å². The third-order valence-electron chi connectivity index (χ3n) is 6.13. The summed E-state index contributed by atoms with van der Waals surface area (Å²) in [5.41, 5.74) is 0.793. The summed E-state index contributed by atoms with van der Waals surface area (Å²) in [5.74, 6) is 0.552. The van der Waals surface area contributed by atoms with E-state index in [1.54, 1.807) is 19.1 Å². The number of carbonyl (C=O) groups is 2. The van der Waals surface area contributed by atoms with Gasteiger partial charge < -0.3 is 18.6 Å². The maximum absolute atomic E-state index is 13.0. The molecule has 0 N–H and O–H groups in total. The monoisotopic (exact) mass is 499 g/mol. The number of carbonyl (C=O) groups excluding carboxylic acids is 2. The second-order valence-electron chi connectivity index (χ2n) is 8.70. The predicted octanol–water partition coefficient (Wildman–Crippen LogP) is 5.60. The summed E-state index contributed by atoms with van der Waals surface area (Å²) in [6.07, 6.45) is 0.576. The predicted molar refractivity (Wildman–Crippen MR) is 136 cm³/mol. The molecule has 4 aromatic rings. The molecule has 0 bridgehead atoms. The maximum atomic E-state index is 13.0. The SMILES string of the molecule is Cc1oc2cc(OC(=O)[C@H]3CCCN3C(=O)OCc3ccccc3)ccc2c(=O)c1Oc1ccccc1. The van der Waals surface area contributed by atoms with Crippen LogP contribution in [0.1, 0.15) is 24.2 Å². The van der Waals surface area contributed by atoms with Crippen molar-refractivity contribution >= 4 is 23.0 Å². The highest BCUT2D eigenvalue weighted by atomic mass is 16.6. The number of likely N-dealkylation sites (tertiary alicyclic amines) is 1. The van der Waals surface area contributed by atoms with Gasteiger partial charge in [-0.3, -0.25) is 9.69 Å². The molecular formula is C29H25NO7. The molecule has 1 aromatic heterocycles. The average molecular weight is 500 g/mol. The fraction of sp³-hybridized carbons (Fsp3) is 0.207. The van der Waals surface area contributed by atoms with Crippen LogP contribution in [0.3, 0.4) is 0 Å². The van der Waals surface area contributed by atoms with Crippen molar-refractivity contribution in [2.24, 2.45) is 0 Å². The van der Waals surface area contributed by atoms with Gasteiger partial charge in [-0.15, -0.1) is 0 Å². The van der Waals surface area contributed by atoms with Gasteiger partial charge in [0.1, 0.15) is 35.5 Å². The van der Waals surface area contributed by atoms with Gasteiger partial charge in [-0.2, -0.15) is 0 Å². The van der Waals surface area contributed by atoms with Crippen molar-refractivity contribution in [1.82, 2.24) is 4.90 Å². The average Bonchev–Trinajstić information content (AvgIpc) is 3.41. The number of benzene rings is 3. The van der Waals surface area contributed by atoms with Crippen LogP contribution in [0.2, 0.25) is 0 Å². The quantitative estimate of drug-likeness (QED) is 0.252. The van der Waals surface area contributed by atoms with Crippen molar-refractivity contribution in [3.63, 3.8) is 0 Å². The Bertz CT molecular complexity index is 1480. The first-order chi connectivity index (χ1) is 18.0. The van der Waals surface area contributed by atoms with Crippen molar-refractivity contribution in [2.75, 3.05) is 6.54 Å². The Kier molecular flexibility index (Phi) is 6.89. The van der Waals surface area contributed by atoms with Crippen molar-refractivity contribution in [3.8, 4) is 17.2 Å². The molecule has 0 radical (unpaired) electrons. The smallest absolute Gasteiger partial charge is 0.410 e. The van der Waals surface area contributed by atoms with E-state index in [-0.39, 0.29) is 29.1 Å². The highest BCUT2D eigenvalue weighted by molar-refractivity contribution is 5.85. The van der Waals surface area contributed by atoms with Gasteiger partial charge >= 0.3 is 12.1 Å². The minimum atomic E-state index is -0.755. The Balaban J connectivity index is 1.29. The topological polar surface area (TPSA) is 95.3 Å². The van der Waals surface area contributed by atoms with Crippen LogP contribution in [0, 0.1) is 6.92 Å². The molecule has 5 rings (SSSR count). The molecule has 1 amide bonds. The number of ether oxygens (including phenoxy) is 3. The molecule has 8 nitrogen and oxygen atoms in total. The molecule has 8 heteroatoms. The minimum absolute atomic E-state index is 0.0963. The van der Waals surface area contributed by atoms with Gasteiger partial charge in [-0.05, 0) is 49.6 Å². The number of nitrogens with zero attached hydrogens (tertiary/aromatic N) is 1. The standard InChI is InChI=1S/C29H25NO7/c1-19-27(36-21-11-6-3-7-12-21)26(31)23-15-14-22(17-25(23)35-19)37-28(32)24-13-8-16-30(24)29(33)34-18-20-9-4-2-5-10-20/h2-7,9-12,14-15,17,24H,8,13,16,18H2,1H3/t24-/m1/s1. The van der Waals surface area contributed by atoms with Crippen molar-refractivity contribution in [1.29, 1.82) is 0 Å². The summed E-state index contributed by atoms with van der Waals surface area (Å²) in [6.45, 7) is 2.16. The van der Waals surface area contributed by atoms with E-state index < -0.39 is 18.1 Å². The normalized spacial score (nSPS) is 14.9. The van der Waals surface area contributed by atoms with Gasteiger partial charge in [0.2, 0.25) is 11.2 Å². The van der Waals surface area contributed by atoms with E-state index in [2.05, 4.69) is 0 Å². The maximum Gasteiger partial charge on any atom is 0.410 e. The number of esters is 1. The van der Waals surface area contributed by atoms with Gasteiger partial charge in [0.05, 0.1) is 5.39 Å². The molecule has 1 aliphatic heterocycles. The number of hydrogen-bond donors (Lipinski definition) is 0. The number of aryl methyl sites for hydroxylation is 1. The Morgan fingerprint density at radius 1 is 0.973 bits per heavy atom. The summed E-state index contributed by atoms with van der Waals surface area (Å²) >= 11 is 0. The van der Waals surface area contributed by atoms with Crippen LogP contribution in [0.25, 0.3) is 11.0 Å². The third kappa shape index (κ3) is 5.33. The van der Waals surface area contributed by atoms with Gasteiger partial charge in [-0.25, -0.2) is 9.59 Å². The second-order valence-corrected chi connectivity index (χ2v) is 8.70. The van der Waals surface area contributed by atoms with Gasteiger partial charge in [0, 0.05) is 12.6 Å². The van der Waals surface area contributed by atoms with Crippen LogP contribution in [0.5, 0.6) is 17.2 Å². The molecule has 1 aliphatic rings. The Labute approximate surface area is 213 Å². The molecule has 0 saturated carbocycles. The van der Waals surface area contributed by atoms with Crippen LogP contribution in [-0.2, 0) is 16.1 Å². The van der Waals surface area contributed by atoms with Crippen molar-refractivity contribution < 1.29 is 28.2 Å². The summed E-state index contributed by atoms with van der Waals surface area (Å²) < 4.78 is 22.5. The molecule has 188 valence electrons. The van der Waals surface area contributed by atoms with E-state index in [1.165, 1.54) is 23.1 Å². The zero-order chi connectivity index (χ0) is 25.8. The lowest BCUT2D eigenvalue weighted by molar-refractivity contribution is -0.139. The number of rotatable bonds is 6. The zero-order valence-electron chi connectivity index (χ0n) is 20.2. The number of para-hydroxylation sites is 1. The van der Waals surface area contributed by atoms with Crippen molar-refractivity contribution in [2.45, 2.75) is 32.4 Å². The molecule has 1 atom stereocenters. The van der Waals surface area contributed by atoms with E-state index in [4.69, 9.17) is 18.6 Å². The number of fused-ring (bicyclic) bond motifs is 1. The molecule has 0 unspecified atom stereocenters. The third-order valence-corrected chi connectivity index (χ3v) is 6.13. The van der Waals surface area contributed by atoms with E-state index in [1.807, 2.05) is 48.5 Å². The van der Waals surface area contributed by atoms with Gasteiger partial charge in [-0.1, -0.05) is 48.5 Å². The van der Waals surface area contributed by atoms with E-state index in [9.17, 15) is 14.4 Å². The zero-order valence-corrected chi connectivity index (χ0v) is 20.2. The molecule has 0 aliphatic carbocycles. The molecule has 1 fully saturated rings. The minimum Gasteiger partial charge on any atom is -0.457 e. The molecular weight excluding hydrogens is 474 g/mol. The van der Waals surface area contributed by atoms with Crippen molar-refractivity contribution in [3.05, 3.63) is 100 Å². The fourth-order valence-corrected chi connectivity index (χ4v) is 4.27. The Morgan fingerprint density at radius 2 is 1.70 bits per heavy atom. The second kappa shape index (κ2) is 10.6. The Hall–Kier alpha value is -4.59. The molecule has 2 heterocycles. The van der Waals surface area contributed by atoms with Crippen LogP contribution >= 0.6 is 0 Å². The van der Waals surface area contributed by atoms with Gasteiger partial charge in [0.15, 0.2) is 0 Å². The largest absolute Gasteiger partial charge is 0.457 e. The number of amides is 1. The highest BCUT2D eigenvalue weighted by Crippen LogP contribution is 2.28. The summed E-state index contributed by atoms with van der Waals surface area (Å²) in [7, 11) is 0. The van der Waals surface area contributed by atoms with E-state index in [0.29, 0.717) is 36.3 Å². The lowest BCUT2D eigenvalue weighted by Crippen LogP contribution is -2.42. The summed E-state index contributed by atoms with van der Waals surface area (Å²) in [5, 5.41) is 0.295. The first-order valence-electron chi connectivity index (χ1n) is 12.0. The van der Waals surface area contributed by atoms with Crippen LogP contribution in [0.4, 0.5) is 4.79 Å². The lowest BCUT2D eigenvalue weighted by Gasteiger charge is -2.22. The molecule has 0 spiro atoms. The van der Waals surface area contributed by atoms with Crippen LogP contribution < -0.4 is 14.9 Å². The molecule has 3 aromatic carbocycles. The summed E-state index contributed by atoms with van der Waals surface area (Å²) in [6, 6.07) is 22.1.